The summed E-state index contributed by atoms with van der Waals surface area (Å²) < 4.78 is 13.5. The molecular weight excluding hydrogens is 217 g/mol. The molecule has 0 aromatic heterocycles. The second kappa shape index (κ2) is 5.01. The number of hydrogen-bond donors (Lipinski definition) is 0. The van der Waals surface area contributed by atoms with Crippen LogP contribution in [0.5, 0.6) is 0 Å². The molecule has 0 bridgehead atoms. The molecule has 1 fully saturated rings. The molecule has 1 saturated heterocycles. The van der Waals surface area contributed by atoms with Crippen LogP contribution in [0.1, 0.15) is 35.2 Å². The number of benzene rings is 1. The van der Waals surface area contributed by atoms with Crippen LogP contribution in [0.15, 0.2) is 18.2 Å². The molecule has 3 heteroatoms. The van der Waals surface area contributed by atoms with Gasteiger partial charge in [-0.2, -0.15) is 0 Å². The van der Waals surface area contributed by atoms with E-state index in [1.165, 1.54) is 12.1 Å². The summed E-state index contributed by atoms with van der Waals surface area (Å²) in [4.78, 5) is 13.8. The molecule has 0 radical (unpaired) electrons. The molecule has 0 aliphatic carbocycles. The Morgan fingerprint density at radius 1 is 1.29 bits per heavy atom. The van der Waals surface area contributed by atoms with Crippen LogP contribution in [0.3, 0.4) is 0 Å². The van der Waals surface area contributed by atoms with Crippen LogP contribution >= 0.6 is 0 Å². The number of terminal acetylenes is 1. The van der Waals surface area contributed by atoms with Crippen molar-refractivity contribution in [2.75, 3.05) is 13.1 Å². The van der Waals surface area contributed by atoms with Crippen LogP contribution in [0.25, 0.3) is 0 Å². The van der Waals surface area contributed by atoms with E-state index in [1.54, 1.807) is 11.0 Å². The molecule has 17 heavy (non-hydrogen) atoms. The van der Waals surface area contributed by atoms with Crippen molar-refractivity contribution in [1.29, 1.82) is 0 Å². The van der Waals surface area contributed by atoms with Crippen molar-refractivity contribution >= 4 is 5.91 Å². The fourth-order valence-corrected chi connectivity index (χ4v) is 2.04. The van der Waals surface area contributed by atoms with E-state index in [-0.39, 0.29) is 11.5 Å². The van der Waals surface area contributed by atoms with E-state index in [0.717, 1.165) is 32.4 Å². The van der Waals surface area contributed by atoms with Gasteiger partial charge in [0, 0.05) is 18.7 Å². The first kappa shape index (κ1) is 11.7. The maximum absolute atomic E-state index is 13.5. The number of piperidine rings is 1. The van der Waals surface area contributed by atoms with E-state index >= 15 is 0 Å². The number of hydrogen-bond acceptors (Lipinski definition) is 1. The molecule has 1 amide bonds. The molecule has 2 rings (SSSR count). The van der Waals surface area contributed by atoms with Gasteiger partial charge in [0.15, 0.2) is 0 Å². The average Bonchev–Trinajstić information content (AvgIpc) is 2.39. The average molecular weight is 231 g/mol. The van der Waals surface area contributed by atoms with E-state index < -0.39 is 5.82 Å². The minimum atomic E-state index is -0.504. The first-order valence-corrected chi connectivity index (χ1v) is 5.78. The third-order valence-corrected chi connectivity index (χ3v) is 3.01. The zero-order valence-corrected chi connectivity index (χ0v) is 9.58. The number of carbonyl (C=O) groups is 1. The van der Waals surface area contributed by atoms with Gasteiger partial charge in [-0.1, -0.05) is 5.92 Å². The quantitative estimate of drug-likeness (QED) is 0.680. The maximum Gasteiger partial charge on any atom is 0.253 e. The van der Waals surface area contributed by atoms with E-state index in [4.69, 9.17) is 6.42 Å². The van der Waals surface area contributed by atoms with Crippen LogP contribution < -0.4 is 0 Å². The van der Waals surface area contributed by atoms with Crippen molar-refractivity contribution in [2.24, 2.45) is 0 Å². The first-order valence-electron chi connectivity index (χ1n) is 5.78. The maximum atomic E-state index is 13.5. The van der Waals surface area contributed by atoms with Crippen LogP contribution in [0.4, 0.5) is 4.39 Å². The fraction of sp³-hybridized carbons (Fsp3) is 0.357. The Bertz CT molecular complexity index is 470. The van der Waals surface area contributed by atoms with Crippen molar-refractivity contribution in [3.63, 3.8) is 0 Å². The molecule has 1 aromatic carbocycles. The molecule has 0 saturated carbocycles. The monoisotopic (exact) mass is 231 g/mol. The van der Waals surface area contributed by atoms with Gasteiger partial charge in [-0.05, 0) is 37.5 Å². The highest BCUT2D eigenvalue weighted by Crippen LogP contribution is 2.15. The van der Waals surface area contributed by atoms with E-state index in [2.05, 4.69) is 5.92 Å². The molecule has 1 aliphatic heterocycles. The van der Waals surface area contributed by atoms with Gasteiger partial charge >= 0.3 is 0 Å². The Balaban J connectivity index is 2.19. The standard InChI is InChI=1S/C14H14FNO/c1-2-11-6-7-12(10-13(11)15)14(17)16-8-4-3-5-9-16/h1,6-7,10H,3-5,8-9H2. The highest BCUT2D eigenvalue weighted by atomic mass is 19.1. The van der Waals surface area contributed by atoms with Gasteiger partial charge in [-0.3, -0.25) is 4.79 Å². The number of rotatable bonds is 1. The van der Waals surface area contributed by atoms with Gasteiger partial charge in [-0.25, -0.2) is 4.39 Å². The fourth-order valence-electron chi connectivity index (χ4n) is 2.04. The van der Waals surface area contributed by atoms with Crippen LogP contribution in [-0.4, -0.2) is 23.9 Å². The van der Waals surface area contributed by atoms with Crippen molar-refractivity contribution in [3.05, 3.63) is 35.1 Å². The predicted molar refractivity (Wildman–Crippen MR) is 64.1 cm³/mol. The summed E-state index contributed by atoms with van der Waals surface area (Å²) >= 11 is 0. The summed E-state index contributed by atoms with van der Waals surface area (Å²) in [6, 6.07) is 4.30. The second-order valence-electron chi connectivity index (χ2n) is 4.19. The Morgan fingerprint density at radius 2 is 2.00 bits per heavy atom. The van der Waals surface area contributed by atoms with Gasteiger partial charge < -0.3 is 4.90 Å². The molecule has 1 aliphatic rings. The Kier molecular flexibility index (Phi) is 3.43. The highest BCUT2D eigenvalue weighted by Gasteiger charge is 2.18. The Hall–Kier alpha value is -1.82. The molecule has 0 spiro atoms. The lowest BCUT2D eigenvalue weighted by atomic mass is 10.1. The molecule has 88 valence electrons. The van der Waals surface area contributed by atoms with Gasteiger partial charge in [0.05, 0.1) is 5.56 Å². The molecule has 0 unspecified atom stereocenters. The Morgan fingerprint density at radius 3 is 2.59 bits per heavy atom. The number of carbonyl (C=O) groups excluding carboxylic acids is 1. The number of likely N-dealkylation sites (tertiary alicyclic amines) is 1. The van der Waals surface area contributed by atoms with Crippen molar-refractivity contribution in [2.45, 2.75) is 19.3 Å². The summed E-state index contributed by atoms with van der Waals surface area (Å²) in [6.07, 6.45) is 8.34. The van der Waals surface area contributed by atoms with E-state index in [1.807, 2.05) is 0 Å². The van der Waals surface area contributed by atoms with E-state index in [9.17, 15) is 9.18 Å². The topological polar surface area (TPSA) is 20.3 Å². The molecule has 2 nitrogen and oxygen atoms in total. The SMILES string of the molecule is C#Cc1ccc(C(=O)N2CCCCC2)cc1F. The normalized spacial score (nSPS) is 15.4. The summed E-state index contributed by atoms with van der Waals surface area (Å²) in [5.74, 6) is 1.63. The predicted octanol–water partition coefficient (Wildman–Crippen LogP) is 2.43. The van der Waals surface area contributed by atoms with Gasteiger partial charge in [-0.15, -0.1) is 6.42 Å². The van der Waals surface area contributed by atoms with Gasteiger partial charge in [0.1, 0.15) is 5.82 Å². The largest absolute Gasteiger partial charge is 0.339 e. The van der Waals surface area contributed by atoms with Crippen LogP contribution in [-0.2, 0) is 0 Å². The van der Waals surface area contributed by atoms with Crippen molar-refractivity contribution in [1.82, 2.24) is 4.90 Å². The number of nitrogens with zero attached hydrogens (tertiary/aromatic N) is 1. The molecule has 1 aromatic rings. The van der Waals surface area contributed by atoms with Crippen LogP contribution in [0.2, 0.25) is 0 Å². The third-order valence-electron chi connectivity index (χ3n) is 3.01. The number of halogens is 1. The van der Waals surface area contributed by atoms with Gasteiger partial charge in [0.25, 0.3) is 5.91 Å². The molecule has 0 N–H and O–H groups in total. The van der Waals surface area contributed by atoms with E-state index in [0.29, 0.717) is 5.56 Å². The van der Waals surface area contributed by atoms with Crippen LogP contribution in [0, 0.1) is 18.2 Å². The highest BCUT2D eigenvalue weighted by molar-refractivity contribution is 5.94. The lowest BCUT2D eigenvalue weighted by Gasteiger charge is -2.26. The number of amides is 1. The second-order valence-corrected chi connectivity index (χ2v) is 4.19. The minimum Gasteiger partial charge on any atom is -0.339 e. The first-order chi connectivity index (χ1) is 8.22. The summed E-state index contributed by atoms with van der Waals surface area (Å²) in [7, 11) is 0. The summed E-state index contributed by atoms with van der Waals surface area (Å²) in [5.41, 5.74) is 0.573. The third kappa shape index (κ3) is 2.47. The lowest BCUT2D eigenvalue weighted by molar-refractivity contribution is 0.0724. The lowest BCUT2D eigenvalue weighted by Crippen LogP contribution is -2.35. The van der Waals surface area contributed by atoms with Crippen molar-refractivity contribution in [3.8, 4) is 12.3 Å². The molecule has 0 atom stereocenters. The Labute approximate surface area is 100 Å². The molecular formula is C14H14FNO. The molecule has 1 heterocycles. The summed E-state index contributed by atoms with van der Waals surface area (Å²) in [6.45, 7) is 1.52. The summed E-state index contributed by atoms with van der Waals surface area (Å²) in [5, 5.41) is 0. The van der Waals surface area contributed by atoms with Crippen molar-refractivity contribution < 1.29 is 9.18 Å². The minimum absolute atomic E-state index is 0.104. The van der Waals surface area contributed by atoms with Gasteiger partial charge in [0.2, 0.25) is 0 Å². The zero-order chi connectivity index (χ0) is 12.3. The smallest absolute Gasteiger partial charge is 0.253 e. The zero-order valence-electron chi connectivity index (χ0n) is 9.58.